The fourth-order valence-corrected chi connectivity index (χ4v) is 3.20. The van der Waals surface area contributed by atoms with Gasteiger partial charge < -0.3 is 5.32 Å². The van der Waals surface area contributed by atoms with Crippen molar-refractivity contribution in [3.8, 4) is 11.3 Å². The summed E-state index contributed by atoms with van der Waals surface area (Å²) in [5, 5.41) is 8.49. The van der Waals surface area contributed by atoms with Crippen molar-refractivity contribution in [1.82, 2.24) is 24.6 Å². The molecule has 1 aromatic carbocycles. The van der Waals surface area contributed by atoms with Gasteiger partial charge in [-0.1, -0.05) is 41.9 Å². The molecule has 8 heteroatoms. The molecule has 0 radical (unpaired) electrons. The summed E-state index contributed by atoms with van der Waals surface area (Å²) < 4.78 is 2.40. The molecule has 1 atom stereocenters. The van der Waals surface area contributed by atoms with E-state index in [4.69, 9.17) is 16.7 Å². The Labute approximate surface area is 163 Å². The van der Waals surface area contributed by atoms with Gasteiger partial charge in [-0.25, -0.2) is 19.5 Å². The van der Waals surface area contributed by atoms with Crippen LogP contribution in [0.25, 0.3) is 16.9 Å². The minimum Gasteiger partial charge on any atom is -0.362 e. The van der Waals surface area contributed by atoms with Gasteiger partial charge in [0.15, 0.2) is 5.65 Å². The first kappa shape index (κ1) is 16.9. The standard InChI is InChI=1S/C18H14BrClN6/c1-11(24-18-15(19)17(20)22-10-23-18)13-9-14-21-7-8-26(14)25-16(13)12-5-3-2-4-6-12/h2-11H,1H3,(H,22,23,24). The van der Waals surface area contributed by atoms with Crippen molar-refractivity contribution in [2.45, 2.75) is 13.0 Å². The summed E-state index contributed by atoms with van der Waals surface area (Å²) >= 11 is 9.50. The lowest BCUT2D eigenvalue weighted by Crippen LogP contribution is -2.12. The number of imidazole rings is 1. The second kappa shape index (κ2) is 7.01. The highest BCUT2D eigenvalue weighted by Crippen LogP contribution is 2.32. The molecule has 3 aromatic heterocycles. The molecule has 6 nitrogen and oxygen atoms in total. The molecule has 0 aliphatic heterocycles. The van der Waals surface area contributed by atoms with Gasteiger partial charge in [0.2, 0.25) is 0 Å². The highest BCUT2D eigenvalue weighted by molar-refractivity contribution is 9.10. The number of aromatic nitrogens is 5. The molecule has 0 bridgehead atoms. The van der Waals surface area contributed by atoms with Gasteiger partial charge in [-0.05, 0) is 28.9 Å². The maximum Gasteiger partial charge on any atom is 0.153 e. The quantitative estimate of drug-likeness (QED) is 0.473. The van der Waals surface area contributed by atoms with Gasteiger partial charge in [0.1, 0.15) is 17.3 Å². The van der Waals surface area contributed by atoms with Crippen LogP contribution in [0.15, 0.2) is 59.6 Å². The molecule has 1 N–H and O–H groups in total. The highest BCUT2D eigenvalue weighted by atomic mass is 79.9. The van der Waals surface area contributed by atoms with Gasteiger partial charge in [-0.3, -0.25) is 0 Å². The zero-order chi connectivity index (χ0) is 18.1. The van der Waals surface area contributed by atoms with Crippen molar-refractivity contribution < 1.29 is 0 Å². The Kier molecular flexibility index (Phi) is 4.57. The zero-order valence-electron chi connectivity index (χ0n) is 13.8. The summed E-state index contributed by atoms with van der Waals surface area (Å²) in [4.78, 5) is 12.6. The second-order valence-electron chi connectivity index (χ2n) is 5.74. The summed E-state index contributed by atoms with van der Waals surface area (Å²) in [6.45, 7) is 2.05. The zero-order valence-corrected chi connectivity index (χ0v) is 16.1. The van der Waals surface area contributed by atoms with Crippen LogP contribution in [0, 0.1) is 0 Å². The molecule has 0 fully saturated rings. The van der Waals surface area contributed by atoms with E-state index in [1.807, 2.05) is 49.5 Å². The molecule has 4 aromatic rings. The summed E-state index contributed by atoms with van der Waals surface area (Å²) in [5.74, 6) is 0.625. The van der Waals surface area contributed by atoms with Crippen LogP contribution in [-0.4, -0.2) is 24.6 Å². The van der Waals surface area contributed by atoms with Gasteiger partial charge in [-0.2, -0.15) is 5.10 Å². The van der Waals surface area contributed by atoms with Gasteiger partial charge in [0, 0.05) is 23.5 Å². The van der Waals surface area contributed by atoms with Crippen molar-refractivity contribution in [1.29, 1.82) is 0 Å². The number of anilines is 1. The van der Waals surface area contributed by atoms with E-state index in [-0.39, 0.29) is 6.04 Å². The largest absolute Gasteiger partial charge is 0.362 e. The van der Waals surface area contributed by atoms with Gasteiger partial charge in [-0.15, -0.1) is 0 Å². The van der Waals surface area contributed by atoms with Crippen molar-refractivity contribution in [2.75, 3.05) is 5.32 Å². The molecule has 130 valence electrons. The Morgan fingerprint density at radius 3 is 2.77 bits per heavy atom. The molecule has 0 saturated carbocycles. The number of hydrogen-bond donors (Lipinski definition) is 1. The van der Waals surface area contributed by atoms with Crippen molar-refractivity contribution in [2.24, 2.45) is 0 Å². The van der Waals surface area contributed by atoms with Crippen molar-refractivity contribution in [3.05, 3.63) is 70.3 Å². The normalized spacial score (nSPS) is 12.3. The molecule has 0 saturated heterocycles. The first-order chi connectivity index (χ1) is 12.6. The van der Waals surface area contributed by atoms with Crippen LogP contribution in [0.3, 0.4) is 0 Å². The Morgan fingerprint density at radius 2 is 1.96 bits per heavy atom. The lowest BCUT2D eigenvalue weighted by molar-refractivity contribution is 0.839. The van der Waals surface area contributed by atoms with Crippen LogP contribution >= 0.6 is 27.5 Å². The summed E-state index contributed by atoms with van der Waals surface area (Å²) in [7, 11) is 0. The summed E-state index contributed by atoms with van der Waals surface area (Å²) in [6, 6.07) is 12.0. The maximum atomic E-state index is 6.07. The van der Waals surface area contributed by atoms with Crippen LogP contribution in [0.1, 0.15) is 18.5 Å². The Bertz CT molecular complexity index is 1070. The molecule has 26 heavy (non-hydrogen) atoms. The third-order valence-electron chi connectivity index (χ3n) is 4.03. The monoisotopic (exact) mass is 428 g/mol. The van der Waals surface area contributed by atoms with Gasteiger partial charge in [0.05, 0.1) is 16.2 Å². The number of rotatable bonds is 4. The highest BCUT2D eigenvalue weighted by Gasteiger charge is 2.18. The molecule has 4 rings (SSSR count). The minimum atomic E-state index is -0.0818. The van der Waals surface area contributed by atoms with E-state index < -0.39 is 0 Å². The predicted octanol–water partition coefficient (Wildman–Crippen LogP) is 4.78. The molecule has 0 aliphatic carbocycles. The number of halogens is 2. The third-order valence-corrected chi connectivity index (χ3v) is 5.30. The van der Waals surface area contributed by atoms with E-state index in [0.717, 1.165) is 22.5 Å². The van der Waals surface area contributed by atoms with Crippen LogP contribution in [0.5, 0.6) is 0 Å². The average molecular weight is 430 g/mol. The summed E-state index contributed by atoms with van der Waals surface area (Å²) in [5.41, 5.74) is 3.71. The van der Waals surface area contributed by atoms with E-state index in [1.54, 1.807) is 10.7 Å². The van der Waals surface area contributed by atoms with E-state index >= 15 is 0 Å². The van der Waals surface area contributed by atoms with Crippen LogP contribution in [-0.2, 0) is 0 Å². The maximum absolute atomic E-state index is 6.07. The number of hydrogen-bond acceptors (Lipinski definition) is 5. The fraction of sp³-hybridized carbons (Fsp3) is 0.111. The Hall–Kier alpha value is -2.51. The van der Waals surface area contributed by atoms with E-state index in [0.29, 0.717) is 15.4 Å². The molecule has 0 spiro atoms. The smallest absolute Gasteiger partial charge is 0.153 e. The van der Waals surface area contributed by atoms with E-state index in [1.165, 1.54) is 6.33 Å². The predicted molar refractivity (Wildman–Crippen MR) is 105 cm³/mol. The number of nitrogens with zero attached hydrogens (tertiary/aromatic N) is 5. The van der Waals surface area contributed by atoms with Crippen molar-refractivity contribution >= 4 is 39.0 Å². The fourth-order valence-electron chi connectivity index (χ4n) is 2.75. The number of nitrogens with one attached hydrogen (secondary N) is 1. The van der Waals surface area contributed by atoms with Gasteiger partial charge in [0.25, 0.3) is 0 Å². The lowest BCUT2D eigenvalue weighted by Gasteiger charge is -2.19. The summed E-state index contributed by atoms with van der Waals surface area (Å²) in [6.07, 6.45) is 5.00. The molecule has 1 unspecified atom stereocenters. The van der Waals surface area contributed by atoms with Crippen LogP contribution in [0.4, 0.5) is 5.82 Å². The van der Waals surface area contributed by atoms with Crippen LogP contribution < -0.4 is 5.32 Å². The second-order valence-corrected chi connectivity index (χ2v) is 6.89. The SMILES string of the molecule is CC(Nc1ncnc(Cl)c1Br)c1cc2nccn2nc1-c1ccccc1. The Balaban J connectivity index is 1.80. The topological polar surface area (TPSA) is 68.0 Å². The number of fused-ring (bicyclic) bond motifs is 1. The first-order valence-corrected chi connectivity index (χ1v) is 9.13. The van der Waals surface area contributed by atoms with Gasteiger partial charge >= 0.3 is 0 Å². The first-order valence-electron chi connectivity index (χ1n) is 7.95. The molecular weight excluding hydrogens is 416 g/mol. The van der Waals surface area contributed by atoms with Crippen LogP contribution in [0.2, 0.25) is 5.15 Å². The van der Waals surface area contributed by atoms with Crippen molar-refractivity contribution in [3.63, 3.8) is 0 Å². The lowest BCUT2D eigenvalue weighted by atomic mass is 10.0. The molecule has 0 amide bonds. The third kappa shape index (κ3) is 3.15. The molecule has 3 heterocycles. The number of benzene rings is 1. The average Bonchev–Trinajstić information content (AvgIpc) is 3.12. The molecule has 0 aliphatic rings. The Morgan fingerprint density at radius 1 is 1.15 bits per heavy atom. The minimum absolute atomic E-state index is 0.0818. The van der Waals surface area contributed by atoms with E-state index in [9.17, 15) is 0 Å². The van der Waals surface area contributed by atoms with E-state index in [2.05, 4.69) is 36.2 Å². The molecular formula is C18H14BrClN6.